The molecule has 21 heavy (non-hydrogen) atoms. The van der Waals surface area contributed by atoms with Crippen LogP contribution >= 0.6 is 0 Å². The third kappa shape index (κ3) is 3.78. The lowest BCUT2D eigenvalue weighted by molar-refractivity contribution is 0.0929. The van der Waals surface area contributed by atoms with E-state index >= 15 is 0 Å². The van der Waals surface area contributed by atoms with Gasteiger partial charge in [0.1, 0.15) is 11.4 Å². The number of rotatable bonds is 5. The third-order valence-electron chi connectivity index (χ3n) is 3.20. The number of carbonyl (C=O) groups excluding carboxylic acids is 1. The molecule has 2 rings (SSSR count). The minimum absolute atomic E-state index is 0.133. The zero-order valence-electron chi connectivity index (χ0n) is 12.5. The van der Waals surface area contributed by atoms with E-state index in [1.807, 2.05) is 26.0 Å². The Labute approximate surface area is 124 Å². The quantitative estimate of drug-likeness (QED) is 0.917. The van der Waals surface area contributed by atoms with Gasteiger partial charge in [-0.05, 0) is 31.0 Å². The molecule has 1 unspecified atom stereocenters. The predicted molar refractivity (Wildman–Crippen MR) is 80.3 cm³/mol. The Bertz CT molecular complexity index is 611. The van der Waals surface area contributed by atoms with Gasteiger partial charge in [-0.15, -0.1) is 0 Å². The van der Waals surface area contributed by atoms with E-state index in [1.165, 1.54) is 0 Å². The molecule has 0 fully saturated rings. The van der Waals surface area contributed by atoms with E-state index in [-0.39, 0.29) is 11.9 Å². The average molecular weight is 285 g/mol. The number of aromatic nitrogens is 2. The van der Waals surface area contributed by atoms with Crippen molar-refractivity contribution in [2.45, 2.75) is 26.3 Å². The Kier molecular flexibility index (Phi) is 4.87. The SMILES string of the molecule is CCC(NC(=O)c1cc(OC)ccn1)c1ccc(C)cn1. The summed E-state index contributed by atoms with van der Waals surface area (Å²) >= 11 is 0. The van der Waals surface area contributed by atoms with Gasteiger partial charge in [-0.2, -0.15) is 0 Å². The van der Waals surface area contributed by atoms with Crippen molar-refractivity contribution in [3.63, 3.8) is 0 Å². The maximum Gasteiger partial charge on any atom is 0.270 e. The highest BCUT2D eigenvalue weighted by molar-refractivity contribution is 5.92. The summed E-state index contributed by atoms with van der Waals surface area (Å²) in [5.41, 5.74) is 2.27. The normalized spacial score (nSPS) is 11.8. The second-order valence-corrected chi connectivity index (χ2v) is 4.78. The zero-order valence-corrected chi connectivity index (χ0v) is 12.5. The number of aryl methyl sites for hydroxylation is 1. The molecule has 0 saturated carbocycles. The fourth-order valence-electron chi connectivity index (χ4n) is 1.97. The molecule has 0 spiro atoms. The molecule has 2 heterocycles. The maximum atomic E-state index is 12.3. The van der Waals surface area contributed by atoms with Crippen molar-refractivity contribution in [3.8, 4) is 5.75 Å². The summed E-state index contributed by atoms with van der Waals surface area (Å²) in [5.74, 6) is 0.375. The summed E-state index contributed by atoms with van der Waals surface area (Å²) in [6.45, 7) is 3.99. The molecule has 5 heteroatoms. The van der Waals surface area contributed by atoms with Gasteiger partial charge in [-0.1, -0.05) is 13.0 Å². The van der Waals surface area contributed by atoms with Crippen molar-refractivity contribution in [3.05, 3.63) is 53.6 Å². The first-order chi connectivity index (χ1) is 10.1. The van der Waals surface area contributed by atoms with Gasteiger partial charge in [0.05, 0.1) is 18.8 Å². The van der Waals surface area contributed by atoms with Crippen molar-refractivity contribution >= 4 is 5.91 Å². The molecule has 0 aliphatic rings. The molecular weight excluding hydrogens is 266 g/mol. The molecule has 1 atom stereocenters. The molecule has 0 bridgehead atoms. The highest BCUT2D eigenvalue weighted by Gasteiger charge is 2.16. The molecule has 2 aromatic heterocycles. The molecule has 0 radical (unpaired) electrons. The number of hydrogen-bond acceptors (Lipinski definition) is 4. The van der Waals surface area contributed by atoms with Crippen LogP contribution in [0.5, 0.6) is 5.75 Å². The van der Waals surface area contributed by atoms with Crippen LogP contribution in [0.15, 0.2) is 36.7 Å². The highest BCUT2D eigenvalue weighted by Crippen LogP contribution is 2.16. The fraction of sp³-hybridized carbons (Fsp3) is 0.312. The minimum Gasteiger partial charge on any atom is -0.497 e. The molecule has 5 nitrogen and oxygen atoms in total. The van der Waals surface area contributed by atoms with Crippen LogP contribution in [0, 0.1) is 6.92 Å². The second kappa shape index (κ2) is 6.83. The lowest BCUT2D eigenvalue weighted by atomic mass is 10.1. The van der Waals surface area contributed by atoms with Crippen LogP contribution < -0.4 is 10.1 Å². The smallest absolute Gasteiger partial charge is 0.270 e. The van der Waals surface area contributed by atoms with Crippen molar-refractivity contribution < 1.29 is 9.53 Å². The molecule has 0 aliphatic heterocycles. The van der Waals surface area contributed by atoms with E-state index < -0.39 is 0 Å². The Morgan fingerprint density at radius 2 is 2.14 bits per heavy atom. The van der Waals surface area contributed by atoms with Crippen molar-refractivity contribution in [2.75, 3.05) is 7.11 Å². The van der Waals surface area contributed by atoms with Crippen LogP contribution in [0.1, 0.15) is 41.1 Å². The summed E-state index contributed by atoms with van der Waals surface area (Å²) in [5, 5.41) is 2.95. The summed E-state index contributed by atoms with van der Waals surface area (Å²) in [7, 11) is 1.56. The standard InChI is InChI=1S/C16H19N3O2/c1-4-13(14-6-5-11(2)10-18-14)19-16(20)15-9-12(21-3)7-8-17-15/h5-10,13H,4H2,1-3H3,(H,19,20). The summed E-state index contributed by atoms with van der Waals surface area (Å²) < 4.78 is 5.10. The van der Waals surface area contributed by atoms with E-state index in [1.54, 1.807) is 31.6 Å². The summed E-state index contributed by atoms with van der Waals surface area (Å²) in [6, 6.07) is 7.11. The maximum absolute atomic E-state index is 12.3. The summed E-state index contributed by atoms with van der Waals surface area (Å²) in [4.78, 5) is 20.7. The monoisotopic (exact) mass is 285 g/mol. The van der Waals surface area contributed by atoms with Crippen LogP contribution in [0.3, 0.4) is 0 Å². The Morgan fingerprint density at radius 3 is 2.76 bits per heavy atom. The first kappa shape index (κ1) is 15.0. The molecule has 0 aliphatic carbocycles. The van der Waals surface area contributed by atoms with Crippen molar-refractivity contribution in [2.24, 2.45) is 0 Å². The van der Waals surface area contributed by atoms with Gasteiger partial charge in [0.15, 0.2) is 0 Å². The van der Waals surface area contributed by atoms with E-state index in [0.29, 0.717) is 11.4 Å². The highest BCUT2D eigenvalue weighted by atomic mass is 16.5. The lowest BCUT2D eigenvalue weighted by Crippen LogP contribution is -2.29. The van der Waals surface area contributed by atoms with Gasteiger partial charge in [-0.3, -0.25) is 14.8 Å². The van der Waals surface area contributed by atoms with Crippen LogP contribution in [0.4, 0.5) is 0 Å². The van der Waals surface area contributed by atoms with E-state index in [9.17, 15) is 4.79 Å². The van der Waals surface area contributed by atoms with E-state index in [4.69, 9.17) is 4.74 Å². The lowest BCUT2D eigenvalue weighted by Gasteiger charge is -2.16. The molecule has 2 aromatic rings. The number of hydrogen-bond donors (Lipinski definition) is 1. The molecule has 1 N–H and O–H groups in total. The average Bonchev–Trinajstić information content (AvgIpc) is 2.53. The predicted octanol–water partition coefficient (Wildman–Crippen LogP) is 2.67. The van der Waals surface area contributed by atoms with Gasteiger partial charge >= 0.3 is 0 Å². The minimum atomic E-state index is -0.233. The third-order valence-corrected chi connectivity index (χ3v) is 3.20. The summed E-state index contributed by atoms with van der Waals surface area (Å²) in [6.07, 6.45) is 4.11. The van der Waals surface area contributed by atoms with E-state index in [2.05, 4.69) is 15.3 Å². The van der Waals surface area contributed by atoms with Crippen LogP contribution in [0.25, 0.3) is 0 Å². The largest absolute Gasteiger partial charge is 0.497 e. The molecule has 1 amide bonds. The second-order valence-electron chi connectivity index (χ2n) is 4.78. The Morgan fingerprint density at radius 1 is 1.33 bits per heavy atom. The van der Waals surface area contributed by atoms with Gasteiger partial charge in [-0.25, -0.2) is 0 Å². The number of amides is 1. The fourth-order valence-corrected chi connectivity index (χ4v) is 1.97. The first-order valence-corrected chi connectivity index (χ1v) is 6.87. The van der Waals surface area contributed by atoms with Gasteiger partial charge < -0.3 is 10.1 Å². The molecular formula is C16H19N3O2. The van der Waals surface area contributed by atoms with Gasteiger partial charge in [0, 0.05) is 18.5 Å². The Hall–Kier alpha value is -2.43. The van der Waals surface area contributed by atoms with Gasteiger partial charge in [0.25, 0.3) is 5.91 Å². The number of ether oxygens (including phenoxy) is 1. The molecule has 110 valence electrons. The number of nitrogens with zero attached hydrogens (tertiary/aromatic N) is 2. The number of carbonyl (C=O) groups is 1. The van der Waals surface area contributed by atoms with Crippen LogP contribution in [0.2, 0.25) is 0 Å². The van der Waals surface area contributed by atoms with Crippen LogP contribution in [-0.4, -0.2) is 23.0 Å². The number of methoxy groups -OCH3 is 1. The molecule has 0 saturated heterocycles. The van der Waals surface area contributed by atoms with Crippen molar-refractivity contribution in [1.29, 1.82) is 0 Å². The first-order valence-electron chi connectivity index (χ1n) is 6.87. The zero-order chi connectivity index (χ0) is 15.2. The van der Waals surface area contributed by atoms with Gasteiger partial charge in [0.2, 0.25) is 0 Å². The molecule has 0 aromatic carbocycles. The van der Waals surface area contributed by atoms with E-state index in [0.717, 1.165) is 17.7 Å². The van der Waals surface area contributed by atoms with Crippen LogP contribution in [-0.2, 0) is 0 Å². The van der Waals surface area contributed by atoms with Crippen molar-refractivity contribution in [1.82, 2.24) is 15.3 Å². The topological polar surface area (TPSA) is 64.1 Å². The Balaban J connectivity index is 2.14. The number of pyridine rings is 2. The number of nitrogens with one attached hydrogen (secondary N) is 1.